The second-order valence-electron chi connectivity index (χ2n) is 7.40. The van der Waals surface area contributed by atoms with Gasteiger partial charge in [-0.2, -0.15) is 4.31 Å². The zero-order valence-corrected chi connectivity index (χ0v) is 17.5. The van der Waals surface area contributed by atoms with Gasteiger partial charge in [-0.1, -0.05) is 29.8 Å². The molecule has 0 N–H and O–H groups in total. The van der Waals surface area contributed by atoms with Gasteiger partial charge in [0, 0.05) is 32.7 Å². The zero-order chi connectivity index (χ0) is 21.0. The van der Waals surface area contributed by atoms with Crippen LogP contribution in [0.5, 0.6) is 0 Å². The minimum Gasteiger partial charge on any atom is -0.339 e. The SMILES string of the molecule is Cc1ccc(S(=O)(=O)N2CCN(C(=O)CN(C)Cc3ccc(F)cc3)CC2)cc1. The smallest absolute Gasteiger partial charge is 0.243 e. The van der Waals surface area contributed by atoms with Crippen molar-refractivity contribution in [1.82, 2.24) is 14.1 Å². The van der Waals surface area contributed by atoms with Gasteiger partial charge in [0.2, 0.25) is 15.9 Å². The molecule has 0 unspecified atom stereocenters. The van der Waals surface area contributed by atoms with E-state index in [0.29, 0.717) is 19.6 Å². The molecule has 1 heterocycles. The molecule has 0 atom stereocenters. The average molecular weight is 420 g/mol. The summed E-state index contributed by atoms with van der Waals surface area (Å²) in [6, 6.07) is 13.0. The van der Waals surface area contributed by atoms with Crippen LogP contribution in [0.1, 0.15) is 11.1 Å². The fourth-order valence-electron chi connectivity index (χ4n) is 3.33. The lowest BCUT2D eigenvalue weighted by Gasteiger charge is -2.34. The maximum Gasteiger partial charge on any atom is 0.243 e. The van der Waals surface area contributed by atoms with Gasteiger partial charge >= 0.3 is 0 Å². The van der Waals surface area contributed by atoms with Gasteiger partial charge in [0.05, 0.1) is 11.4 Å². The number of nitrogens with zero attached hydrogens (tertiary/aromatic N) is 3. The summed E-state index contributed by atoms with van der Waals surface area (Å²) in [5, 5.41) is 0. The summed E-state index contributed by atoms with van der Waals surface area (Å²) in [6.07, 6.45) is 0. The number of sulfonamides is 1. The largest absolute Gasteiger partial charge is 0.339 e. The third-order valence-corrected chi connectivity index (χ3v) is 6.93. The number of hydrogen-bond acceptors (Lipinski definition) is 4. The second kappa shape index (κ2) is 9.02. The zero-order valence-electron chi connectivity index (χ0n) is 16.7. The first-order valence-corrected chi connectivity index (χ1v) is 11.0. The Hall–Kier alpha value is -2.29. The monoisotopic (exact) mass is 419 g/mol. The molecular weight excluding hydrogens is 393 g/mol. The Labute approximate surface area is 171 Å². The molecule has 1 fully saturated rings. The predicted molar refractivity (Wildman–Crippen MR) is 109 cm³/mol. The van der Waals surface area contributed by atoms with Gasteiger partial charge in [-0.25, -0.2) is 12.8 Å². The number of aryl methyl sites for hydroxylation is 1. The van der Waals surface area contributed by atoms with Crippen molar-refractivity contribution in [2.75, 3.05) is 39.8 Å². The summed E-state index contributed by atoms with van der Waals surface area (Å²) < 4.78 is 40.0. The van der Waals surface area contributed by atoms with Crippen LogP contribution < -0.4 is 0 Å². The number of halogens is 1. The molecule has 1 aliphatic rings. The van der Waals surface area contributed by atoms with Crippen LogP contribution in [0.4, 0.5) is 4.39 Å². The van der Waals surface area contributed by atoms with E-state index in [0.717, 1.165) is 11.1 Å². The van der Waals surface area contributed by atoms with Crippen LogP contribution in [0.3, 0.4) is 0 Å². The Morgan fingerprint density at radius 1 is 1.00 bits per heavy atom. The molecule has 1 aliphatic heterocycles. The summed E-state index contributed by atoms with van der Waals surface area (Å²) in [5.41, 5.74) is 1.93. The summed E-state index contributed by atoms with van der Waals surface area (Å²) in [6.45, 7) is 3.97. The minimum atomic E-state index is -3.54. The van der Waals surface area contributed by atoms with Crippen molar-refractivity contribution in [3.05, 3.63) is 65.5 Å². The van der Waals surface area contributed by atoms with Gasteiger partial charge in [-0.05, 0) is 43.8 Å². The van der Waals surface area contributed by atoms with Crippen molar-refractivity contribution in [2.24, 2.45) is 0 Å². The topological polar surface area (TPSA) is 60.9 Å². The van der Waals surface area contributed by atoms with Crippen LogP contribution in [0.25, 0.3) is 0 Å². The molecule has 2 aromatic rings. The third-order valence-electron chi connectivity index (χ3n) is 5.02. The first-order valence-electron chi connectivity index (χ1n) is 9.53. The summed E-state index contributed by atoms with van der Waals surface area (Å²) in [5.74, 6) is -0.326. The van der Waals surface area contributed by atoms with E-state index in [4.69, 9.17) is 0 Å². The molecule has 6 nitrogen and oxygen atoms in total. The van der Waals surface area contributed by atoms with Gasteiger partial charge in [0.25, 0.3) is 0 Å². The molecule has 2 aromatic carbocycles. The predicted octanol–water partition coefficient (Wildman–Crippen LogP) is 2.10. The van der Waals surface area contributed by atoms with Gasteiger partial charge in [-0.3, -0.25) is 9.69 Å². The summed E-state index contributed by atoms with van der Waals surface area (Å²) in [7, 11) is -1.71. The van der Waals surface area contributed by atoms with Crippen LogP contribution in [0.2, 0.25) is 0 Å². The molecule has 3 rings (SSSR count). The van der Waals surface area contributed by atoms with Gasteiger partial charge in [-0.15, -0.1) is 0 Å². The molecule has 0 bridgehead atoms. The van der Waals surface area contributed by atoms with E-state index in [9.17, 15) is 17.6 Å². The lowest BCUT2D eigenvalue weighted by atomic mass is 10.2. The number of benzene rings is 2. The highest BCUT2D eigenvalue weighted by Gasteiger charge is 2.30. The standard InChI is InChI=1S/C21H26FN3O3S/c1-17-3-9-20(10-4-17)29(27,28)25-13-11-24(12-14-25)21(26)16-23(2)15-18-5-7-19(22)8-6-18/h3-10H,11-16H2,1-2H3. The Morgan fingerprint density at radius 2 is 1.59 bits per heavy atom. The fraction of sp³-hybridized carbons (Fsp3) is 0.381. The average Bonchev–Trinajstić information content (AvgIpc) is 2.70. The molecule has 1 amide bonds. The van der Waals surface area contributed by atoms with Crippen molar-refractivity contribution in [3.8, 4) is 0 Å². The van der Waals surface area contributed by atoms with Crippen molar-refractivity contribution in [2.45, 2.75) is 18.4 Å². The van der Waals surface area contributed by atoms with Gasteiger partial charge in [0.15, 0.2) is 0 Å². The van der Waals surface area contributed by atoms with Gasteiger partial charge < -0.3 is 4.90 Å². The molecule has 0 aromatic heterocycles. The molecule has 8 heteroatoms. The minimum absolute atomic E-state index is 0.0398. The third kappa shape index (κ3) is 5.41. The lowest BCUT2D eigenvalue weighted by molar-refractivity contribution is -0.133. The quantitative estimate of drug-likeness (QED) is 0.720. The normalized spacial score (nSPS) is 15.7. The first kappa shape index (κ1) is 21.4. The van der Waals surface area contributed by atoms with E-state index >= 15 is 0 Å². The molecule has 0 aliphatic carbocycles. The Bertz CT molecular complexity index is 938. The molecule has 0 spiro atoms. The maximum atomic E-state index is 13.0. The van der Waals surface area contributed by atoms with E-state index < -0.39 is 10.0 Å². The van der Waals surface area contributed by atoms with Crippen molar-refractivity contribution < 1.29 is 17.6 Å². The molecule has 1 saturated heterocycles. The Kier molecular flexibility index (Phi) is 6.66. The Balaban J connectivity index is 1.52. The van der Waals surface area contributed by atoms with Crippen LogP contribution in [-0.2, 0) is 21.4 Å². The van der Waals surface area contributed by atoms with E-state index in [-0.39, 0.29) is 36.3 Å². The van der Waals surface area contributed by atoms with Crippen molar-refractivity contribution in [1.29, 1.82) is 0 Å². The number of hydrogen-bond donors (Lipinski definition) is 0. The molecule has 0 radical (unpaired) electrons. The number of likely N-dealkylation sites (N-methyl/N-ethyl adjacent to an activating group) is 1. The molecule has 0 saturated carbocycles. The number of amides is 1. The van der Waals surface area contributed by atoms with Crippen molar-refractivity contribution in [3.63, 3.8) is 0 Å². The van der Waals surface area contributed by atoms with Crippen LogP contribution >= 0.6 is 0 Å². The number of piperazine rings is 1. The van der Waals surface area contributed by atoms with E-state index in [1.165, 1.54) is 16.4 Å². The molecule has 29 heavy (non-hydrogen) atoms. The number of rotatable bonds is 6. The van der Waals surface area contributed by atoms with Crippen LogP contribution in [0, 0.1) is 12.7 Å². The van der Waals surface area contributed by atoms with E-state index in [1.54, 1.807) is 41.3 Å². The molecular formula is C21H26FN3O3S. The Morgan fingerprint density at radius 3 is 2.17 bits per heavy atom. The van der Waals surface area contributed by atoms with Crippen LogP contribution in [0.15, 0.2) is 53.4 Å². The highest BCUT2D eigenvalue weighted by atomic mass is 32.2. The highest BCUT2D eigenvalue weighted by Crippen LogP contribution is 2.18. The van der Waals surface area contributed by atoms with Crippen LogP contribution in [-0.4, -0.2) is 68.2 Å². The first-order chi connectivity index (χ1) is 13.8. The number of carbonyl (C=O) groups excluding carboxylic acids is 1. The van der Waals surface area contributed by atoms with Crippen molar-refractivity contribution >= 4 is 15.9 Å². The van der Waals surface area contributed by atoms with Gasteiger partial charge in [0.1, 0.15) is 5.82 Å². The highest BCUT2D eigenvalue weighted by molar-refractivity contribution is 7.89. The summed E-state index contributed by atoms with van der Waals surface area (Å²) >= 11 is 0. The fourth-order valence-corrected chi connectivity index (χ4v) is 4.75. The van der Waals surface area contributed by atoms with E-state index in [1.807, 2.05) is 18.9 Å². The maximum absolute atomic E-state index is 13.0. The second-order valence-corrected chi connectivity index (χ2v) is 9.33. The summed E-state index contributed by atoms with van der Waals surface area (Å²) in [4.78, 5) is 16.4. The van der Waals surface area contributed by atoms with E-state index in [2.05, 4.69) is 0 Å². The molecule has 156 valence electrons. The lowest BCUT2D eigenvalue weighted by Crippen LogP contribution is -2.52. The number of carbonyl (C=O) groups is 1.